The van der Waals surface area contributed by atoms with Gasteiger partial charge in [0, 0.05) is 22.2 Å². The molecule has 0 aromatic rings. The summed E-state index contributed by atoms with van der Waals surface area (Å²) in [5.74, 6) is -1.50. The molecule has 5 rings (SSSR count). The zero-order chi connectivity index (χ0) is 27.6. The second-order valence-electron chi connectivity index (χ2n) is 14.9. The summed E-state index contributed by atoms with van der Waals surface area (Å²) in [4.78, 5) is 40.6. The van der Waals surface area contributed by atoms with Crippen molar-refractivity contribution >= 4 is 17.5 Å². The normalized spacial score (nSPS) is 47.8. The average molecular weight is 507 g/mol. The molecule has 0 heterocycles. The summed E-state index contributed by atoms with van der Waals surface area (Å²) >= 11 is 0. The summed E-state index contributed by atoms with van der Waals surface area (Å²) in [7, 11) is 0. The van der Waals surface area contributed by atoms with E-state index in [0.29, 0.717) is 25.7 Å². The van der Waals surface area contributed by atoms with Crippen LogP contribution in [0.5, 0.6) is 0 Å². The number of aliphatic hydroxyl groups is 1. The lowest BCUT2D eigenvalue weighted by molar-refractivity contribution is -0.242. The van der Waals surface area contributed by atoms with Crippen LogP contribution in [0.4, 0.5) is 0 Å². The number of allylic oxidation sites excluding steroid dienone is 3. The number of hydrogen-bond donors (Lipinski definition) is 2. The van der Waals surface area contributed by atoms with Crippen molar-refractivity contribution in [1.82, 2.24) is 0 Å². The molecule has 0 radical (unpaired) electrons. The third-order valence-electron chi connectivity index (χ3n) is 12.5. The van der Waals surface area contributed by atoms with Crippen LogP contribution >= 0.6 is 0 Å². The number of Topliss-reactive ketones (excluding diaryl/α,β-unsaturated/α-hetero) is 1. The first kappa shape index (κ1) is 26.4. The number of hydrogen-bond acceptors (Lipinski definition) is 5. The highest BCUT2D eigenvalue weighted by Crippen LogP contribution is 2.75. The summed E-state index contributed by atoms with van der Waals surface area (Å²) in [5.41, 5.74) is 1.62. The lowest BCUT2D eigenvalue weighted by Gasteiger charge is -2.71. The molecule has 0 aliphatic heterocycles. The van der Waals surface area contributed by atoms with Gasteiger partial charge >= 0.3 is 0 Å². The van der Waals surface area contributed by atoms with Gasteiger partial charge in [0.2, 0.25) is 5.91 Å². The molecule has 2 unspecified atom stereocenters. The first-order valence-electron chi connectivity index (χ1n) is 13.8. The van der Waals surface area contributed by atoms with Gasteiger partial charge in [-0.3, -0.25) is 14.4 Å². The Morgan fingerprint density at radius 2 is 1.62 bits per heavy atom. The first-order chi connectivity index (χ1) is 16.9. The Morgan fingerprint density at radius 3 is 2.22 bits per heavy atom. The van der Waals surface area contributed by atoms with E-state index in [1.165, 1.54) is 0 Å². The fourth-order valence-electron chi connectivity index (χ4n) is 10.1. The maximum atomic E-state index is 14.3. The minimum Gasteiger partial charge on any atom is -0.381 e. The van der Waals surface area contributed by atoms with E-state index >= 15 is 0 Å². The number of nitrogens with zero attached hydrogens (tertiary/aromatic N) is 1. The topological polar surface area (TPSA) is 121 Å². The number of amides is 1. The van der Waals surface area contributed by atoms with Crippen LogP contribution in [0.3, 0.4) is 0 Å². The second kappa shape index (κ2) is 7.23. The third kappa shape index (κ3) is 2.82. The molecule has 3 N–H and O–H groups in total. The Balaban J connectivity index is 1.76. The Hall–Kier alpha value is -2.26. The summed E-state index contributed by atoms with van der Waals surface area (Å²) in [6.07, 6.45) is 7.96. The van der Waals surface area contributed by atoms with Gasteiger partial charge in [0.25, 0.3) is 0 Å². The molecule has 0 aromatic carbocycles. The molecule has 1 amide bonds. The van der Waals surface area contributed by atoms with Crippen molar-refractivity contribution in [2.75, 3.05) is 0 Å². The highest BCUT2D eigenvalue weighted by molar-refractivity contribution is 6.05. The van der Waals surface area contributed by atoms with Crippen molar-refractivity contribution in [3.05, 3.63) is 23.3 Å². The fraction of sp³-hybridized carbons (Fsp3) is 0.742. The van der Waals surface area contributed by atoms with Gasteiger partial charge in [-0.25, -0.2) is 0 Å². The number of nitrogens with two attached hydrogens (primary N) is 1. The molecule has 0 bridgehead atoms. The molecule has 3 saturated carbocycles. The van der Waals surface area contributed by atoms with Crippen LogP contribution in [0.15, 0.2) is 23.3 Å². The van der Waals surface area contributed by atoms with Crippen LogP contribution in [0.2, 0.25) is 0 Å². The molecule has 5 aliphatic carbocycles. The SMILES string of the molecule is CC1(C)CC[C@]2(C(N)=O)CC[C@@]3(C)[C@]4(C)CCC5C(C)(C)C(=O)C(C#N)=C[C@]5(C)C4=CC(=O)[C@]3(O)C2C1. The maximum absolute atomic E-state index is 14.3. The largest absolute Gasteiger partial charge is 0.381 e. The van der Waals surface area contributed by atoms with Crippen molar-refractivity contribution in [2.45, 2.75) is 99.0 Å². The molecular formula is C31H42N2O4. The Bertz CT molecular complexity index is 1240. The Morgan fingerprint density at radius 1 is 1.00 bits per heavy atom. The molecule has 37 heavy (non-hydrogen) atoms. The van der Waals surface area contributed by atoms with E-state index in [9.17, 15) is 24.8 Å². The highest BCUT2D eigenvalue weighted by Gasteiger charge is 2.76. The minimum absolute atomic E-state index is 0.0616. The summed E-state index contributed by atoms with van der Waals surface area (Å²) in [6, 6.07) is 2.12. The number of carbonyl (C=O) groups is 3. The van der Waals surface area contributed by atoms with E-state index in [2.05, 4.69) is 33.8 Å². The zero-order valence-corrected chi connectivity index (χ0v) is 23.5. The van der Waals surface area contributed by atoms with Crippen LogP contribution in [0, 0.1) is 55.7 Å². The lowest BCUT2D eigenvalue weighted by Crippen LogP contribution is -2.75. The van der Waals surface area contributed by atoms with Crippen LogP contribution in [0.1, 0.15) is 93.4 Å². The first-order valence-corrected chi connectivity index (χ1v) is 13.8. The minimum atomic E-state index is -1.72. The number of carbonyl (C=O) groups excluding carboxylic acids is 3. The number of primary amides is 1. The molecule has 7 atom stereocenters. The standard InChI is InChI=1S/C31H42N2O4/c1-25(2)10-12-30(24(33)36)13-11-29(7)28(6)9-8-19-26(3,4)23(35)18(17-32)15-27(19,5)20(28)14-22(34)31(29,37)21(30)16-25/h14-15,19,21,37H,8-13,16H2,1-7H3,(H2,33,36)/t19?,21?,27-,28+,29-,30-,31+/m0/s1. The zero-order valence-electron chi connectivity index (χ0n) is 23.5. The van der Waals surface area contributed by atoms with Gasteiger partial charge in [-0.2, -0.15) is 5.26 Å². The van der Waals surface area contributed by atoms with E-state index < -0.39 is 44.5 Å². The van der Waals surface area contributed by atoms with E-state index in [0.717, 1.165) is 24.8 Å². The van der Waals surface area contributed by atoms with Crippen LogP contribution in [0.25, 0.3) is 0 Å². The fourth-order valence-corrected chi connectivity index (χ4v) is 10.1. The van der Waals surface area contributed by atoms with Gasteiger partial charge in [-0.15, -0.1) is 0 Å². The van der Waals surface area contributed by atoms with Gasteiger partial charge in [0.1, 0.15) is 11.7 Å². The number of nitriles is 1. The van der Waals surface area contributed by atoms with Crippen molar-refractivity contribution < 1.29 is 19.5 Å². The number of ketones is 2. The summed E-state index contributed by atoms with van der Waals surface area (Å²) in [5, 5.41) is 22.6. The molecule has 0 aromatic heterocycles. The third-order valence-corrected chi connectivity index (χ3v) is 12.5. The Kier molecular flexibility index (Phi) is 5.15. The predicted octanol–water partition coefficient (Wildman–Crippen LogP) is 4.81. The van der Waals surface area contributed by atoms with Crippen molar-refractivity contribution in [3.8, 4) is 6.07 Å². The second-order valence-corrected chi connectivity index (χ2v) is 14.9. The van der Waals surface area contributed by atoms with Gasteiger partial charge in [-0.05, 0) is 73.3 Å². The van der Waals surface area contributed by atoms with E-state index in [1.807, 2.05) is 20.8 Å². The quantitative estimate of drug-likeness (QED) is 0.529. The predicted molar refractivity (Wildman–Crippen MR) is 140 cm³/mol. The van der Waals surface area contributed by atoms with Crippen LogP contribution < -0.4 is 5.73 Å². The van der Waals surface area contributed by atoms with E-state index in [-0.39, 0.29) is 28.5 Å². The summed E-state index contributed by atoms with van der Waals surface area (Å²) < 4.78 is 0. The Labute approximate surface area is 220 Å². The highest BCUT2D eigenvalue weighted by atomic mass is 16.3. The van der Waals surface area contributed by atoms with Gasteiger partial charge in [0.05, 0.1) is 11.0 Å². The van der Waals surface area contributed by atoms with Crippen LogP contribution in [-0.4, -0.2) is 28.2 Å². The average Bonchev–Trinajstić information content (AvgIpc) is 2.80. The van der Waals surface area contributed by atoms with Crippen molar-refractivity contribution in [2.24, 2.45) is 50.1 Å². The molecule has 200 valence electrons. The number of rotatable bonds is 1. The van der Waals surface area contributed by atoms with Gasteiger partial charge in [-0.1, -0.05) is 54.5 Å². The number of fused-ring (bicyclic) bond motifs is 7. The smallest absolute Gasteiger partial charge is 0.224 e. The van der Waals surface area contributed by atoms with E-state index in [4.69, 9.17) is 5.73 Å². The van der Waals surface area contributed by atoms with Crippen molar-refractivity contribution in [3.63, 3.8) is 0 Å². The molecule has 6 heteroatoms. The lowest BCUT2D eigenvalue weighted by atomic mass is 9.32. The molecule has 0 saturated heterocycles. The monoisotopic (exact) mass is 506 g/mol. The molecule has 3 fully saturated rings. The van der Waals surface area contributed by atoms with Gasteiger partial charge in [0.15, 0.2) is 11.6 Å². The molecule has 0 spiro atoms. The molecular weight excluding hydrogens is 464 g/mol. The van der Waals surface area contributed by atoms with Crippen LogP contribution in [-0.2, 0) is 14.4 Å². The van der Waals surface area contributed by atoms with Gasteiger partial charge < -0.3 is 10.8 Å². The maximum Gasteiger partial charge on any atom is 0.224 e. The summed E-state index contributed by atoms with van der Waals surface area (Å²) in [6.45, 7) is 14.4. The molecule has 5 aliphatic rings. The molecule has 6 nitrogen and oxygen atoms in total. The van der Waals surface area contributed by atoms with Crippen molar-refractivity contribution in [1.29, 1.82) is 5.26 Å². The van der Waals surface area contributed by atoms with E-state index in [1.54, 1.807) is 12.2 Å².